The first kappa shape index (κ1) is 6.54. The monoisotopic (exact) mass is 137 g/mol. The lowest BCUT2D eigenvalue weighted by Gasteiger charge is -1.87. The maximum Gasteiger partial charge on any atom is 0.227 e. The van der Waals surface area contributed by atoms with Gasteiger partial charge in [-0.25, -0.2) is 0 Å². The van der Waals surface area contributed by atoms with Crippen molar-refractivity contribution in [3.63, 3.8) is 0 Å². The van der Waals surface area contributed by atoms with Crippen molar-refractivity contribution < 1.29 is 9.32 Å². The maximum absolute atomic E-state index is 9.78. The third-order valence-electron chi connectivity index (χ3n) is 0.980. The number of allylic oxidation sites excluding steroid dienone is 1. The summed E-state index contributed by atoms with van der Waals surface area (Å²) < 4.78 is 4.48. The van der Waals surface area contributed by atoms with Crippen molar-refractivity contribution in [1.82, 2.24) is 5.16 Å². The third-order valence-corrected chi connectivity index (χ3v) is 0.980. The van der Waals surface area contributed by atoms with E-state index in [4.69, 9.17) is 5.73 Å². The molecule has 0 aliphatic carbocycles. The molecule has 4 nitrogen and oxygen atoms in total. The normalized spacial score (nSPS) is 11.4. The largest absolute Gasteiger partial charge is 0.398 e. The van der Waals surface area contributed by atoms with Gasteiger partial charge in [-0.1, -0.05) is 5.16 Å². The predicted octanol–water partition coefficient (Wildman–Crippen LogP) is 0.0839. The van der Waals surface area contributed by atoms with Gasteiger partial charge >= 0.3 is 0 Å². The number of carbonyl (C=O) groups excluding carboxylic acids is 1. The Morgan fingerprint density at radius 2 is 2.70 bits per heavy atom. The van der Waals surface area contributed by atoms with Crippen LogP contribution >= 0.6 is 0 Å². The standard InChI is InChI=1S/C6H5N2O2/c7-6(1-2-9)5-3-8-10-4-5/h1,3-4H,7H2/b6-1-. The molecule has 4 heteroatoms. The first-order valence-electron chi connectivity index (χ1n) is 2.57. The van der Waals surface area contributed by atoms with Crippen molar-refractivity contribution in [3.05, 3.63) is 24.1 Å². The molecule has 0 saturated heterocycles. The molecule has 0 bridgehead atoms. The summed E-state index contributed by atoms with van der Waals surface area (Å²) in [6.07, 6.45) is 5.44. The quantitative estimate of drug-likeness (QED) is 0.586. The summed E-state index contributed by atoms with van der Waals surface area (Å²) in [5.41, 5.74) is 6.24. The summed E-state index contributed by atoms with van der Waals surface area (Å²) in [6.45, 7) is 0. The van der Waals surface area contributed by atoms with E-state index in [0.717, 1.165) is 6.08 Å². The molecule has 51 valence electrons. The molecule has 1 radical (unpaired) electrons. The van der Waals surface area contributed by atoms with E-state index in [1.54, 1.807) is 6.29 Å². The fourth-order valence-corrected chi connectivity index (χ4v) is 0.494. The SMILES string of the molecule is N/C(=C\[C]=O)c1cnoc1. The van der Waals surface area contributed by atoms with Gasteiger partial charge in [-0.05, 0) is 0 Å². The van der Waals surface area contributed by atoms with Crippen LogP contribution in [0.15, 0.2) is 23.1 Å². The van der Waals surface area contributed by atoms with Crippen molar-refractivity contribution in [2.45, 2.75) is 0 Å². The fraction of sp³-hybridized carbons (Fsp3) is 0. The second kappa shape index (κ2) is 2.82. The van der Waals surface area contributed by atoms with Gasteiger partial charge in [0.05, 0.1) is 11.8 Å². The van der Waals surface area contributed by atoms with E-state index >= 15 is 0 Å². The molecule has 1 aromatic rings. The molecule has 0 fully saturated rings. The van der Waals surface area contributed by atoms with Gasteiger partial charge in [0.2, 0.25) is 6.29 Å². The minimum Gasteiger partial charge on any atom is -0.398 e. The second-order valence-corrected chi connectivity index (χ2v) is 1.63. The predicted molar refractivity (Wildman–Crippen MR) is 34.4 cm³/mol. The summed E-state index contributed by atoms with van der Waals surface area (Å²) in [7, 11) is 0. The van der Waals surface area contributed by atoms with Crippen LogP contribution in [0.25, 0.3) is 5.70 Å². The molecule has 2 N–H and O–H groups in total. The molecule has 0 amide bonds. The molecular formula is C6H5N2O2. The smallest absolute Gasteiger partial charge is 0.227 e. The molecule has 1 heterocycles. The minimum absolute atomic E-state index is 0.302. The van der Waals surface area contributed by atoms with Crippen LogP contribution < -0.4 is 5.73 Å². The number of hydrogen-bond donors (Lipinski definition) is 1. The summed E-state index contributed by atoms with van der Waals surface area (Å²) >= 11 is 0. The molecule has 1 rings (SSSR count). The molecular weight excluding hydrogens is 132 g/mol. The lowest BCUT2D eigenvalue weighted by Crippen LogP contribution is -1.93. The van der Waals surface area contributed by atoms with Gasteiger partial charge in [0.25, 0.3) is 0 Å². The molecule has 0 atom stereocenters. The Morgan fingerprint density at radius 3 is 3.20 bits per heavy atom. The zero-order valence-corrected chi connectivity index (χ0v) is 5.07. The van der Waals surface area contributed by atoms with E-state index in [9.17, 15) is 4.79 Å². The minimum atomic E-state index is 0.302. The van der Waals surface area contributed by atoms with Crippen molar-refractivity contribution in [3.8, 4) is 0 Å². The second-order valence-electron chi connectivity index (χ2n) is 1.63. The van der Waals surface area contributed by atoms with E-state index in [0.29, 0.717) is 11.3 Å². The topological polar surface area (TPSA) is 69.1 Å². The van der Waals surface area contributed by atoms with E-state index in [2.05, 4.69) is 9.68 Å². The van der Waals surface area contributed by atoms with Crippen LogP contribution in [0, 0.1) is 0 Å². The number of nitrogens with zero attached hydrogens (tertiary/aromatic N) is 1. The Balaban J connectivity index is 2.86. The number of nitrogens with two attached hydrogens (primary N) is 1. The van der Waals surface area contributed by atoms with Crippen LogP contribution in [-0.2, 0) is 4.79 Å². The highest BCUT2D eigenvalue weighted by atomic mass is 16.5. The summed E-state index contributed by atoms with van der Waals surface area (Å²) in [4.78, 5) is 9.78. The Labute approximate surface area is 57.3 Å². The van der Waals surface area contributed by atoms with Crippen LogP contribution in [0.5, 0.6) is 0 Å². The van der Waals surface area contributed by atoms with Crippen LogP contribution in [0.3, 0.4) is 0 Å². The van der Waals surface area contributed by atoms with Crippen molar-refractivity contribution in [2.75, 3.05) is 0 Å². The van der Waals surface area contributed by atoms with E-state index in [1.807, 2.05) is 0 Å². The summed E-state index contributed by atoms with van der Waals surface area (Å²) in [5.74, 6) is 0. The Kier molecular flexibility index (Phi) is 1.84. The Bertz CT molecular complexity index is 238. The van der Waals surface area contributed by atoms with E-state index < -0.39 is 0 Å². The molecule has 0 aromatic carbocycles. The zero-order valence-electron chi connectivity index (χ0n) is 5.07. The third kappa shape index (κ3) is 1.22. The van der Waals surface area contributed by atoms with Gasteiger partial charge < -0.3 is 10.3 Å². The van der Waals surface area contributed by atoms with Crippen molar-refractivity contribution in [1.29, 1.82) is 0 Å². The highest BCUT2D eigenvalue weighted by Crippen LogP contribution is 2.04. The van der Waals surface area contributed by atoms with Crippen LogP contribution in [-0.4, -0.2) is 11.4 Å². The average molecular weight is 137 g/mol. The molecule has 1 aromatic heterocycles. The molecule has 0 saturated carbocycles. The summed E-state index contributed by atoms with van der Waals surface area (Å²) in [6, 6.07) is 0. The van der Waals surface area contributed by atoms with Crippen LogP contribution in [0.2, 0.25) is 0 Å². The lowest BCUT2D eigenvalue weighted by molar-refractivity contribution is 0.419. The van der Waals surface area contributed by atoms with Crippen LogP contribution in [0.4, 0.5) is 0 Å². The zero-order chi connectivity index (χ0) is 7.40. The highest BCUT2D eigenvalue weighted by Gasteiger charge is 1.96. The molecule has 0 aliphatic rings. The van der Waals surface area contributed by atoms with Gasteiger partial charge in [0, 0.05) is 11.8 Å². The number of aromatic nitrogens is 1. The van der Waals surface area contributed by atoms with Gasteiger partial charge in [0.1, 0.15) is 6.26 Å². The van der Waals surface area contributed by atoms with E-state index in [-0.39, 0.29) is 0 Å². The molecule has 0 spiro atoms. The number of hydrogen-bond acceptors (Lipinski definition) is 4. The van der Waals surface area contributed by atoms with Gasteiger partial charge in [0.15, 0.2) is 0 Å². The number of rotatable bonds is 2. The highest BCUT2D eigenvalue weighted by molar-refractivity contribution is 5.79. The first-order valence-corrected chi connectivity index (χ1v) is 2.57. The first-order chi connectivity index (χ1) is 4.84. The van der Waals surface area contributed by atoms with Gasteiger partial charge in [-0.3, -0.25) is 4.79 Å². The molecule has 0 unspecified atom stereocenters. The van der Waals surface area contributed by atoms with Crippen molar-refractivity contribution >= 4 is 12.0 Å². The maximum atomic E-state index is 9.78. The average Bonchev–Trinajstić information content (AvgIpc) is 2.38. The fourth-order valence-electron chi connectivity index (χ4n) is 0.494. The van der Waals surface area contributed by atoms with Crippen LogP contribution in [0.1, 0.15) is 5.56 Å². The van der Waals surface area contributed by atoms with Gasteiger partial charge in [-0.2, -0.15) is 0 Å². The summed E-state index contributed by atoms with van der Waals surface area (Å²) in [5, 5.41) is 3.40. The van der Waals surface area contributed by atoms with E-state index in [1.165, 1.54) is 12.5 Å². The van der Waals surface area contributed by atoms with Crippen molar-refractivity contribution in [2.24, 2.45) is 5.73 Å². The Morgan fingerprint density at radius 1 is 1.90 bits per heavy atom. The molecule has 10 heavy (non-hydrogen) atoms. The van der Waals surface area contributed by atoms with Gasteiger partial charge in [-0.15, -0.1) is 0 Å². The Hall–Kier alpha value is -1.58. The molecule has 0 aliphatic heterocycles. The lowest BCUT2D eigenvalue weighted by atomic mass is 10.3.